The predicted octanol–water partition coefficient (Wildman–Crippen LogP) is 39.7. The van der Waals surface area contributed by atoms with Crippen molar-refractivity contribution >= 4 is 245 Å². The Morgan fingerprint density at radius 1 is 0.218 bits per heavy atom. The largest absolute Gasteiger partial charge is 0.455 e. The first-order chi connectivity index (χ1) is 72.9. The third-order valence-corrected chi connectivity index (χ3v) is 33.0. The summed E-state index contributed by atoms with van der Waals surface area (Å²) in [4.78, 5) is 25.9. The molecule has 3 aliphatic heterocycles. The molecule has 0 amide bonds. The third kappa shape index (κ3) is 13.9. The fourth-order valence-electron chi connectivity index (χ4n) is 22.7. The molecule has 147 heavy (non-hydrogen) atoms. The number of ether oxygens (including phenoxy) is 2. The molecule has 23 aromatic carbocycles. The molecule has 0 atom stereocenters. The molecule has 0 bridgehead atoms. The maximum absolute atomic E-state index is 6.63. The summed E-state index contributed by atoms with van der Waals surface area (Å²) in [6.07, 6.45) is 0. The molecule has 0 saturated heterocycles. The maximum Gasteiger partial charge on any atom is 0.151 e. The van der Waals surface area contributed by atoms with E-state index in [-0.39, 0.29) is 0 Å². The quantitative estimate of drug-likeness (QED) is 0.147. The van der Waals surface area contributed by atoms with Crippen LogP contribution in [0.2, 0.25) is 0 Å². The van der Waals surface area contributed by atoms with E-state index in [2.05, 4.69) is 451 Å². The Morgan fingerprint density at radius 3 is 1.18 bits per heavy atom. The molecule has 32 rings (SSSR count). The number of anilines is 9. The number of hydrogen-bond acceptors (Lipinski definition) is 12. The van der Waals surface area contributed by atoms with Crippen LogP contribution in [0.4, 0.5) is 51.3 Å². The molecule has 0 unspecified atom stereocenters. The zero-order valence-corrected chi connectivity index (χ0v) is 81.3. The van der Waals surface area contributed by atoms with Gasteiger partial charge in [-0.05, 0) is 239 Å². The van der Waals surface area contributed by atoms with E-state index in [1.807, 2.05) is 83.0 Å². The van der Waals surface area contributed by atoms with E-state index in [4.69, 9.17) is 28.8 Å². The zero-order chi connectivity index (χ0) is 96.4. The van der Waals surface area contributed by atoms with Crippen molar-refractivity contribution in [3.8, 4) is 79.0 Å². The van der Waals surface area contributed by atoms with E-state index in [9.17, 15) is 0 Å². The molecule has 29 aromatic rings. The number of thiophene rings is 2. The highest BCUT2D eigenvalue weighted by Gasteiger charge is 2.33. The van der Waals surface area contributed by atoms with Gasteiger partial charge in [0.2, 0.25) is 0 Å². The molecule has 0 spiro atoms. The van der Waals surface area contributed by atoms with Crippen LogP contribution in [0, 0.1) is 0 Å². The lowest BCUT2D eigenvalue weighted by atomic mass is 9.93. The summed E-state index contributed by atoms with van der Waals surface area (Å²) in [5.41, 5.74) is 23.1. The molecule has 0 fully saturated rings. The first-order valence-corrected chi connectivity index (χ1v) is 52.0. The normalized spacial score (nSPS) is 12.5. The fraction of sp³-hybridized carbons (Fsp3) is 0. The van der Waals surface area contributed by atoms with Crippen molar-refractivity contribution in [3.05, 3.63) is 485 Å². The first kappa shape index (κ1) is 84.2. The summed E-state index contributed by atoms with van der Waals surface area (Å²) in [6.45, 7) is 0. The van der Waals surface area contributed by atoms with Gasteiger partial charge in [0.05, 0.1) is 67.6 Å². The lowest BCUT2D eigenvalue weighted by Crippen LogP contribution is -2.17. The highest BCUT2D eigenvalue weighted by atomic mass is 32.2. The van der Waals surface area contributed by atoms with Crippen LogP contribution in [-0.4, -0.2) is 15.0 Å². The van der Waals surface area contributed by atoms with Crippen LogP contribution in [0.15, 0.2) is 500 Å². The second-order valence-electron chi connectivity index (χ2n) is 37.8. The van der Waals surface area contributed by atoms with Crippen molar-refractivity contribution in [2.45, 2.75) is 9.79 Å². The Balaban J connectivity index is 0.000000102. The van der Waals surface area contributed by atoms with Gasteiger partial charge in [0.1, 0.15) is 17.0 Å². The van der Waals surface area contributed by atoms with Crippen molar-refractivity contribution in [1.82, 2.24) is 15.0 Å². The van der Waals surface area contributed by atoms with Gasteiger partial charge in [-0.2, -0.15) is 0 Å². The lowest BCUT2D eigenvalue weighted by molar-refractivity contribution is 0.476. The average molecular weight is 1930 g/mol. The SMILES string of the molecule is c1ccc2c(c1)Oc1ccccc1N2c1cc(-c2cccc3ccccc23)c2ccc3sc4c5ccccc5ccc4c3c2n1.c1ccc2c(c1)Oc1ccccc1N2c1ccc(-c2cc3c(ccc4sc5c6ccccc6ccc5c43)c(-c3ccc4ccccc4c3)n2)cc1.c1ccc2c(c1)Sc1ccccc1N2c1ccc(-c2cc(-c3cccc4ccccc34)c3ccc4oc5c6ccccc6ccc5c4c3n2)cc1. The van der Waals surface area contributed by atoms with Crippen LogP contribution < -0.4 is 24.2 Å². The summed E-state index contributed by atoms with van der Waals surface area (Å²) < 4.78 is 24.4. The maximum atomic E-state index is 6.63. The number of hydrogen-bond donors (Lipinski definition) is 0. The van der Waals surface area contributed by atoms with E-state index >= 15 is 0 Å². The fourth-order valence-corrected chi connectivity index (χ4v) is 26.2. The molecule has 0 aliphatic carbocycles. The van der Waals surface area contributed by atoms with E-state index < -0.39 is 0 Å². The zero-order valence-electron chi connectivity index (χ0n) is 78.8. The monoisotopic (exact) mass is 1930 g/mol. The van der Waals surface area contributed by atoms with Crippen LogP contribution in [0.25, 0.3) is 216 Å². The van der Waals surface area contributed by atoms with Gasteiger partial charge in [-0.15, -0.1) is 22.7 Å². The number of rotatable bonds is 8. The van der Waals surface area contributed by atoms with Gasteiger partial charge in [0.25, 0.3) is 0 Å². The topological polar surface area (TPSA) is 80.0 Å². The van der Waals surface area contributed by atoms with Gasteiger partial charge in [0, 0.05) is 105 Å². The lowest BCUT2D eigenvalue weighted by Gasteiger charge is -2.32. The average Bonchev–Trinajstić information content (AvgIpc) is 1.53. The van der Waals surface area contributed by atoms with Gasteiger partial charge in [0.15, 0.2) is 23.0 Å². The Bertz CT molecular complexity index is 10400. The van der Waals surface area contributed by atoms with Gasteiger partial charge in [-0.3, -0.25) is 4.90 Å². The Morgan fingerprint density at radius 2 is 0.612 bits per heavy atom. The van der Waals surface area contributed by atoms with Crippen LogP contribution >= 0.6 is 34.4 Å². The first-order valence-electron chi connectivity index (χ1n) is 49.5. The van der Waals surface area contributed by atoms with Crippen LogP contribution in [0.5, 0.6) is 23.0 Å². The van der Waals surface area contributed by atoms with Crippen LogP contribution in [0.3, 0.4) is 0 Å². The van der Waals surface area contributed by atoms with E-state index in [1.54, 1.807) is 0 Å². The molecule has 0 N–H and O–H groups in total. The van der Waals surface area contributed by atoms with E-state index in [0.29, 0.717) is 0 Å². The Labute approximate surface area is 856 Å². The molecule has 9 heterocycles. The third-order valence-electron chi connectivity index (χ3n) is 29.5. The summed E-state index contributed by atoms with van der Waals surface area (Å²) in [5.74, 6) is 4.18. The minimum absolute atomic E-state index is 0.815. The standard InChI is InChI=1S/2C47H28N2OS.C41H24N2OS/c1-3-13-33-29(10-1)12-9-15-35(33)38-28-39(48-46-36(38)26-27-42-45(46)37-25-22-30-11-2-4-14-34(30)47(37)50-42)31-20-23-32(24-21-31)49-40-16-5-7-18-43(40)51-44-19-8-6-17-41(44)49;1-2-11-32-27-33(18-17-29(32)9-1)46-36-25-26-44-45(37-24-21-30-10-3-4-12-35(30)47(37)51-44)38(36)28-39(48-46)31-19-22-34(23-20-31)49-40-13-5-7-15-42(40)50-43-16-8-6-14-41(43)49;1-3-13-27-25(10-1)12-9-15-29(27)32-24-38(43-33-16-5-7-18-35(33)44-36-19-8-6-17-34(36)43)42-40-30(32)22-23-37-39(40)31-21-20-26-11-2-4-14-28(26)41(31)45-37/h2*1-28H;1-24H. The van der Waals surface area contributed by atoms with Crippen molar-refractivity contribution in [1.29, 1.82) is 0 Å². The second kappa shape index (κ2) is 34.1. The van der Waals surface area contributed by atoms with Crippen molar-refractivity contribution in [2.75, 3.05) is 14.7 Å². The number of benzene rings is 23. The molecule has 0 radical (unpaired) electrons. The predicted molar refractivity (Wildman–Crippen MR) is 619 cm³/mol. The molecular weight excluding hydrogens is 1850 g/mol. The number of furan rings is 1. The summed E-state index contributed by atoms with van der Waals surface area (Å²) in [5, 5.41) is 26.5. The molecule has 686 valence electrons. The highest BCUT2D eigenvalue weighted by Crippen LogP contribution is 2.58. The molecular formula is C135H80N6O3S3. The number of para-hydroxylation sites is 10. The summed E-state index contributed by atoms with van der Waals surface area (Å²) >= 11 is 5.56. The highest BCUT2D eigenvalue weighted by molar-refractivity contribution is 7.99. The number of fused-ring (bicyclic) bond motifs is 30. The molecule has 3 aliphatic rings. The molecule has 6 aromatic heterocycles. The van der Waals surface area contributed by atoms with Crippen molar-refractivity contribution in [2.24, 2.45) is 0 Å². The van der Waals surface area contributed by atoms with E-state index in [0.717, 1.165) is 168 Å². The van der Waals surface area contributed by atoms with Gasteiger partial charge in [-0.1, -0.05) is 345 Å². The molecule has 0 saturated carbocycles. The molecule has 12 heteroatoms. The number of nitrogens with zero attached hydrogens (tertiary/aromatic N) is 6. The minimum atomic E-state index is 0.815. The van der Waals surface area contributed by atoms with Crippen molar-refractivity contribution in [3.63, 3.8) is 0 Å². The smallest absolute Gasteiger partial charge is 0.151 e. The minimum Gasteiger partial charge on any atom is -0.455 e. The van der Waals surface area contributed by atoms with Gasteiger partial charge in [-0.25, -0.2) is 15.0 Å². The summed E-state index contributed by atoms with van der Waals surface area (Å²) in [6, 6.07) is 173. The van der Waals surface area contributed by atoms with Gasteiger partial charge >= 0.3 is 0 Å². The second-order valence-corrected chi connectivity index (χ2v) is 41.0. The van der Waals surface area contributed by atoms with E-state index in [1.165, 1.54) is 132 Å². The molecule has 9 nitrogen and oxygen atoms in total. The summed E-state index contributed by atoms with van der Waals surface area (Å²) in [7, 11) is 0. The van der Waals surface area contributed by atoms with Crippen LogP contribution in [0.1, 0.15) is 0 Å². The number of pyridine rings is 3. The number of aromatic nitrogens is 3. The Hall–Kier alpha value is -18.6. The van der Waals surface area contributed by atoms with Crippen LogP contribution in [-0.2, 0) is 0 Å². The Kier molecular flexibility index (Phi) is 19.5. The van der Waals surface area contributed by atoms with Crippen molar-refractivity contribution < 1.29 is 13.9 Å². The van der Waals surface area contributed by atoms with Gasteiger partial charge < -0.3 is 23.7 Å².